The van der Waals surface area contributed by atoms with Gasteiger partial charge in [-0.3, -0.25) is 9.59 Å². The average Bonchev–Trinajstić information content (AvgIpc) is 3.87. The quantitative estimate of drug-likeness (QED) is 0.142. The van der Waals surface area contributed by atoms with Crippen LogP contribution < -0.4 is 0 Å². The van der Waals surface area contributed by atoms with E-state index < -0.39 is 0 Å². The first kappa shape index (κ1) is 54.3. The summed E-state index contributed by atoms with van der Waals surface area (Å²) in [5, 5.41) is 0. The lowest BCUT2D eigenvalue weighted by Crippen LogP contribution is -2.28. The molecule has 0 radical (unpaired) electrons. The molecular formula is C73H64Br2O2. The summed E-state index contributed by atoms with van der Waals surface area (Å²) in [7, 11) is 0. The van der Waals surface area contributed by atoms with E-state index in [0.717, 1.165) is 31.2 Å². The predicted molar refractivity (Wildman–Crippen MR) is 330 cm³/mol. The smallest absolute Gasteiger partial charge is 0.193 e. The van der Waals surface area contributed by atoms with Gasteiger partial charge in [0.2, 0.25) is 0 Å². The molecule has 0 saturated heterocycles. The van der Waals surface area contributed by atoms with Gasteiger partial charge in [-0.2, -0.15) is 0 Å². The van der Waals surface area contributed by atoms with Crippen molar-refractivity contribution in [3.8, 4) is 33.4 Å². The fraction of sp³-hybridized carbons (Fsp3) is 0.151. The average molecular weight is 1130 g/mol. The van der Waals surface area contributed by atoms with Crippen LogP contribution in [0.1, 0.15) is 110 Å². The molecule has 77 heavy (non-hydrogen) atoms. The van der Waals surface area contributed by atoms with Crippen molar-refractivity contribution in [2.75, 3.05) is 0 Å². The van der Waals surface area contributed by atoms with Crippen LogP contribution in [0.3, 0.4) is 0 Å². The molecule has 1 aliphatic carbocycles. The highest BCUT2D eigenvalue weighted by Crippen LogP contribution is 2.57. The maximum Gasteiger partial charge on any atom is 0.193 e. The molecule has 0 N–H and O–H groups in total. The minimum absolute atomic E-state index is 0.0417. The topological polar surface area (TPSA) is 34.1 Å². The molecule has 2 nitrogen and oxygen atoms in total. The fourth-order valence-electron chi connectivity index (χ4n) is 10.6. The number of hydrogen-bond acceptors (Lipinski definition) is 2. The van der Waals surface area contributed by atoms with Gasteiger partial charge in [-0.25, -0.2) is 0 Å². The molecule has 0 aromatic heterocycles. The Labute approximate surface area is 473 Å². The van der Waals surface area contributed by atoms with Gasteiger partial charge in [-0.1, -0.05) is 206 Å². The van der Waals surface area contributed by atoms with Crippen molar-refractivity contribution in [3.63, 3.8) is 0 Å². The first-order valence-electron chi connectivity index (χ1n) is 26.2. The van der Waals surface area contributed by atoms with Crippen LogP contribution in [0.4, 0.5) is 0 Å². The van der Waals surface area contributed by atoms with Gasteiger partial charge < -0.3 is 0 Å². The highest BCUT2D eigenvalue weighted by molar-refractivity contribution is 9.10. The maximum absolute atomic E-state index is 12.6. The van der Waals surface area contributed by atoms with E-state index in [2.05, 4.69) is 203 Å². The van der Waals surface area contributed by atoms with Crippen molar-refractivity contribution < 1.29 is 9.59 Å². The molecular weight excluding hydrogens is 1070 g/mol. The van der Waals surface area contributed by atoms with Crippen LogP contribution >= 0.6 is 31.9 Å². The Balaban J connectivity index is 0.000000155. The van der Waals surface area contributed by atoms with Crippen LogP contribution in [0.25, 0.3) is 33.4 Å². The fourth-order valence-corrected chi connectivity index (χ4v) is 11.1. The van der Waals surface area contributed by atoms with Crippen molar-refractivity contribution >= 4 is 43.4 Å². The Hall–Kier alpha value is -7.50. The van der Waals surface area contributed by atoms with Gasteiger partial charge in [0, 0.05) is 31.2 Å². The predicted octanol–water partition coefficient (Wildman–Crippen LogP) is 19.8. The minimum atomic E-state index is -0.373. The van der Waals surface area contributed by atoms with Gasteiger partial charge in [0.05, 0.1) is 5.41 Å². The van der Waals surface area contributed by atoms with Crippen LogP contribution in [0, 0.1) is 69.2 Å². The molecule has 0 bridgehead atoms. The summed E-state index contributed by atoms with van der Waals surface area (Å²) >= 11 is 6.69. The zero-order valence-corrected chi connectivity index (χ0v) is 48.9. The first-order valence-corrected chi connectivity index (χ1v) is 27.8. The zero-order valence-electron chi connectivity index (χ0n) is 45.7. The van der Waals surface area contributed by atoms with Gasteiger partial charge >= 0.3 is 0 Å². The summed E-state index contributed by atoms with van der Waals surface area (Å²) < 4.78 is 1.94. The lowest BCUT2D eigenvalue weighted by Gasteiger charge is -2.34. The molecule has 10 aromatic rings. The van der Waals surface area contributed by atoms with Crippen molar-refractivity contribution in [1.82, 2.24) is 0 Å². The molecule has 10 aromatic carbocycles. The molecule has 0 atom stereocenters. The Kier molecular flexibility index (Phi) is 16.2. The molecule has 0 amide bonds. The van der Waals surface area contributed by atoms with E-state index in [9.17, 15) is 9.59 Å². The van der Waals surface area contributed by atoms with Crippen molar-refractivity contribution in [3.05, 3.63) is 315 Å². The van der Waals surface area contributed by atoms with E-state index in [4.69, 9.17) is 0 Å². The number of fused-ring (bicyclic) bond motifs is 3. The third-order valence-electron chi connectivity index (χ3n) is 15.2. The SMILES string of the molecule is Cc1ccc(C(=O)c2ccc(-c3cc(C)c(C)cc3C)cc2)cc1.Cc1ccc(C2(c3ccc(C)cc3)c3cc(C)ccc3-c3ccc(-c4cc(C)c(C)cc4C)cc32)cc1.O=C(c1ccc(Br)cc1)c1ccc(Br)cc1. The van der Waals surface area contributed by atoms with Crippen LogP contribution in [0.5, 0.6) is 0 Å². The maximum atomic E-state index is 12.6. The number of ketones is 2. The summed E-state index contributed by atoms with van der Waals surface area (Å²) in [5.41, 5.74) is 28.4. The van der Waals surface area contributed by atoms with Gasteiger partial charge in [0.25, 0.3) is 0 Å². The highest BCUT2D eigenvalue weighted by atomic mass is 79.9. The van der Waals surface area contributed by atoms with E-state index in [1.54, 1.807) is 0 Å². The standard InChI is InChI=1S/C37H34.C23H22O.C13H8Br2O/c1-23-7-13-30(14-8-23)37(31-15-9-24(2)10-16-31)35-19-25(3)11-17-32(35)33-18-12-29(22-36(33)37)34-21-27(5)26(4)20-28(34)6;1-15-5-7-20(8-6-15)23(24)21-11-9-19(10-12-21)22-14-17(3)16(2)13-18(22)4;14-11-5-1-9(2-6-11)13(16)10-3-7-12(15)8-4-10/h7-22H,1-6H3;5-14H,1-4H3;1-8H. The third kappa shape index (κ3) is 11.5. The Bertz CT molecular complexity index is 3700. The van der Waals surface area contributed by atoms with Gasteiger partial charge in [-0.05, 0) is 213 Å². The molecule has 11 rings (SSSR count). The normalized spacial score (nSPS) is 11.8. The van der Waals surface area contributed by atoms with Gasteiger partial charge in [0.1, 0.15) is 0 Å². The Morgan fingerprint density at radius 3 is 1.03 bits per heavy atom. The molecule has 382 valence electrons. The molecule has 0 spiro atoms. The zero-order chi connectivity index (χ0) is 54.7. The minimum Gasteiger partial charge on any atom is -0.289 e. The molecule has 0 saturated carbocycles. The number of aryl methyl sites for hydroxylation is 10. The molecule has 0 fully saturated rings. The van der Waals surface area contributed by atoms with Crippen LogP contribution in [0.15, 0.2) is 215 Å². The Morgan fingerprint density at radius 2 is 0.597 bits per heavy atom. The van der Waals surface area contributed by atoms with Crippen molar-refractivity contribution in [1.29, 1.82) is 0 Å². The number of carbonyl (C=O) groups is 2. The number of hydrogen-bond donors (Lipinski definition) is 0. The lowest BCUT2D eigenvalue weighted by atomic mass is 9.67. The molecule has 4 heteroatoms. The second-order valence-corrected chi connectivity index (χ2v) is 22.7. The van der Waals surface area contributed by atoms with Gasteiger partial charge in [0.15, 0.2) is 11.6 Å². The van der Waals surface area contributed by atoms with Crippen molar-refractivity contribution in [2.24, 2.45) is 0 Å². The molecule has 1 aliphatic rings. The van der Waals surface area contributed by atoms with Gasteiger partial charge in [-0.15, -0.1) is 0 Å². The number of carbonyl (C=O) groups excluding carboxylic acids is 2. The molecule has 0 aliphatic heterocycles. The van der Waals surface area contributed by atoms with Crippen LogP contribution in [0.2, 0.25) is 0 Å². The second-order valence-electron chi connectivity index (χ2n) is 20.9. The van der Waals surface area contributed by atoms with E-state index in [1.165, 1.54) is 100 Å². The Morgan fingerprint density at radius 1 is 0.286 bits per heavy atom. The highest BCUT2D eigenvalue weighted by Gasteiger charge is 2.46. The monoisotopic (exact) mass is 1130 g/mol. The number of benzene rings is 10. The van der Waals surface area contributed by atoms with E-state index in [1.807, 2.05) is 104 Å². The summed E-state index contributed by atoms with van der Waals surface area (Å²) in [6.45, 7) is 21.6. The summed E-state index contributed by atoms with van der Waals surface area (Å²) in [6, 6.07) is 72.0. The molecule has 0 unspecified atom stereocenters. The van der Waals surface area contributed by atoms with Crippen molar-refractivity contribution in [2.45, 2.75) is 74.7 Å². The lowest BCUT2D eigenvalue weighted by molar-refractivity contribution is 0.103. The summed E-state index contributed by atoms with van der Waals surface area (Å²) in [4.78, 5) is 24.6. The second kappa shape index (κ2) is 23.0. The molecule has 0 heterocycles. The number of halogens is 2. The van der Waals surface area contributed by atoms with Crippen LogP contribution in [-0.4, -0.2) is 11.6 Å². The number of rotatable bonds is 8. The van der Waals surface area contributed by atoms with Crippen LogP contribution in [-0.2, 0) is 5.41 Å². The first-order chi connectivity index (χ1) is 36.9. The van der Waals surface area contributed by atoms with E-state index in [-0.39, 0.29) is 17.0 Å². The van der Waals surface area contributed by atoms with E-state index in [0.29, 0.717) is 11.1 Å². The van der Waals surface area contributed by atoms with E-state index >= 15 is 0 Å². The summed E-state index contributed by atoms with van der Waals surface area (Å²) in [5.74, 6) is 0.110. The summed E-state index contributed by atoms with van der Waals surface area (Å²) in [6.07, 6.45) is 0. The third-order valence-corrected chi connectivity index (χ3v) is 16.3. The largest absolute Gasteiger partial charge is 0.289 e.